The van der Waals surface area contributed by atoms with Gasteiger partial charge in [-0.1, -0.05) is 24.3 Å². The van der Waals surface area contributed by atoms with Crippen LogP contribution in [0.2, 0.25) is 0 Å². The predicted molar refractivity (Wildman–Crippen MR) is 137 cm³/mol. The highest BCUT2D eigenvalue weighted by Gasteiger charge is 2.49. The van der Waals surface area contributed by atoms with Gasteiger partial charge in [-0.05, 0) is 68.3 Å². The van der Waals surface area contributed by atoms with Crippen LogP contribution >= 0.6 is 0 Å². The zero-order chi connectivity index (χ0) is 26.8. The molecule has 0 radical (unpaired) electrons. The topological polar surface area (TPSA) is 132 Å². The summed E-state index contributed by atoms with van der Waals surface area (Å²) in [6.45, 7) is 4.68. The van der Waals surface area contributed by atoms with Gasteiger partial charge in [0.1, 0.15) is 17.5 Å². The Morgan fingerprint density at radius 1 is 1.11 bits per heavy atom. The van der Waals surface area contributed by atoms with E-state index in [0.29, 0.717) is 22.4 Å². The number of nitrogens with one attached hydrogen (secondary N) is 1. The van der Waals surface area contributed by atoms with Crippen LogP contribution in [-0.2, 0) is 17.7 Å². The van der Waals surface area contributed by atoms with Gasteiger partial charge < -0.3 is 25.4 Å². The number of hydrogen-bond donors (Lipinski definition) is 4. The normalized spacial score (nSPS) is 18.0. The summed E-state index contributed by atoms with van der Waals surface area (Å²) in [5.41, 5.74) is 0.217. The Balaban J connectivity index is 1.53. The number of nitrogens with zero attached hydrogens (tertiary/aromatic N) is 2. The minimum absolute atomic E-state index is 0.0223. The molecule has 3 aromatic rings. The number of carbonyl (C=O) groups is 2. The van der Waals surface area contributed by atoms with Gasteiger partial charge in [0.25, 0.3) is 5.91 Å². The van der Waals surface area contributed by atoms with E-state index >= 15 is 0 Å². The molecule has 1 aliphatic rings. The fraction of sp³-hybridized carbons (Fsp3) is 0.321. The van der Waals surface area contributed by atoms with Crippen LogP contribution in [0.4, 0.5) is 4.79 Å². The third-order valence-electron chi connectivity index (χ3n) is 6.13. The molecule has 2 amide bonds. The number of phenols is 1. The molecule has 0 saturated carbocycles. The van der Waals surface area contributed by atoms with Crippen molar-refractivity contribution in [2.24, 2.45) is 0 Å². The average molecular weight is 506 g/mol. The summed E-state index contributed by atoms with van der Waals surface area (Å²) in [5.74, 6) is -0.431. The number of ether oxygens (including phenoxy) is 1. The van der Waals surface area contributed by atoms with E-state index in [1.807, 2.05) is 18.2 Å². The van der Waals surface area contributed by atoms with Crippen LogP contribution in [0, 0.1) is 0 Å². The third kappa shape index (κ3) is 5.90. The number of aromatic nitrogens is 1. The quantitative estimate of drug-likeness (QED) is 0.419. The monoisotopic (exact) mass is 505 g/mol. The van der Waals surface area contributed by atoms with E-state index in [1.165, 1.54) is 12.1 Å². The molecule has 1 aliphatic heterocycles. The molecule has 0 spiro atoms. The zero-order valence-electron chi connectivity index (χ0n) is 21.0. The Morgan fingerprint density at radius 2 is 1.89 bits per heavy atom. The number of pyridine rings is 1. The van der Waals surface area contributed by atoms with Gasteiger partial charge in [-0.2, -0.15) is 0 Å². The maximum Gasteiger partial charge on any atom is 0.412 e. The van der Waals surface area contributed by atoms with Crippen LogP contribution in [0.25, 0.3) is 11.3 Å². The van der Waals surface area contributed by atoms with E-state index in [-0.39, 0.29) is 25.3 Å². The summed E-state index contributed by atoms with van der Waals surface area (Å²) in [7, 11) is 0. The molecule has 37 heavy (non-hydrogen) atoms. The number of phenolic OH excluding ortho intramolecular Hbond substituents is 1. The van der Waals surface area contributed by atoms with E-state index in [4.69, 9.17) is 4.74 Å². The van der Waals surface area contributed by atoms with Crippen molar-refractivity contribution < 1.29 is 29.6 Å². The Labute approximate surface area is 215 Å². The van der Waals surface area contributed by atoms with Gasteiger partial charge in [0, 0.05) is 30.3 Å². The van der Waals surface area contributed by atoms with Crippen molar-refractivity contribution in [1.29, 1.82) is 0 Å². The number of aliphatic hydroxyl groups excluding tert-OH is 1. The number of fused-ring (bicyclic) bond motifs is 1. The summed E-state index contributed by atoms with van der Waals surface area (Å²) in [6.07, 6.45) is -0.810. The highest BCUT2D eigenvalue weighted by atomic mass is 16.6. The van der Waals surface area contributed by atoms with E-state index in [9.17, 15) is 24.9 Å². The van der Waals surface area contributed by atoms with Crippen LogP contribution < -0.4 is 5.32 Å². The fourth-order valence-electron chi connectivity index (χ4n) is 4.26. The lowest BCUT2D eigenvalue weighted by Crippen LogP contribution is -2.64. The first-order valence-corrected chi connectivity index (χ1v) is 12.0. The van der Waals surface area contributed by atoms with Crippen molar-refractivity contribution >= 4 is 12.0 Å². The van der Waals surface area contributed by atoms with E-state index in [2.05, 4.69) is 10.3 Å². The van der Waals surface area contributed by atoms with Crippen molar-refractivity contribution in [3.05, 3.63) is 83.6 Å². The Bertz CT molecular complexity index is 1290. The van der Waals surface area contributed by atoms with E-state index in [1.54, 1.807) is 57.3 Å². The molecule has 9 heteroatoms. The summed E-state index contributed by atoms with van der Waals surface area (Å²) in [4.78, 5) is 31.3. The minimum atomic E-state index is -2.06. The third-order valence-corrected chi connectivity index (χ3v) is 6.13. The van der Waals surface area contributed by atoms with Crippen LogP contribution in [0.15, 0.2) is 66.9 Å². The van der Waals surface area contributed by atoms with Crippen LogP contribution in [0.3, 0.4) is 0 Å². The molecule has 1 aromatic heterocycles. The minimum Gasteiger partial charge on any atom is -0.508 e. The number of carbonyl (C=O) groups excluding carboxylic acids is 2. The number of aromatic hydroxyl groups is 1. The highest BCUT2D eigenvalue weighted by molar-refractivity contribution is 5.95. The molecular weight excluding hydrogens is 474 g/mol. The van der Waals surface area contributed by atoms with Gasteiger partial charge in [0.2, 0.25) is 0 Å². The second kappa shape index (κ2) is 10.2. The Kier molecular flexibility index (Phi) is 7.20. The zero-order valence-corrected chi connectivity index (χ0v) is 21.0. The summed E-state index contributed by atoms with van der Waals surface area (Å²) in [6, 6.07) is 17.0. The molecule has 194 valence electrons. The van der Waals surface area contributed by atoms with Crippen molar-refractivity contribution in [1.82, 2.24) is 15.2 Å². The number of hydrogen-bond acceptors (Lipinski definition) is 7. The number of rotatable bonds is 5. The molecule has 0 unspecified atom stereocenters. The van der Waals surface area contributed by atoms with Gasteiger partial charge in [-0.25, -0.2) is 4.79 Å². The summed E-state index contributed by atoms with van der Waals surface area (Å²) < 4.78 is 5.48. The number of amides is 2. The SMILES string of the molecule is CC(C)(C)OC(=O)N1Cc2cc(O)ccc2C[C@]1(O)[C@H](O)CNC(=O)c1cccc(-c2ccccn2)c1. The molecule has 2 atom stereocenters. The van der Waals surface area contributed by atoms with Gasteiger partial charge in [-0.3, -0.25) is 14.7 Å². The lowest BCUT2D eigenvalue weighted by atomic mass is 9.87. The molecule has 2 heterocycles. The number of aliphatic hydroxyl groups is 2. The second-order valence-electron chi connectivity index (χ2n) is 10.1. The summed E-state index contributed by atoms with van der Waals surface area (Å²) in [5, 5.41) is 35.2. The van der Waals surface area contributed by atoms with E-state index < -0.39 is 29.4 Å². The maximum absolute atomic E-state index is 13.0. The van der Waals surface area contributed by atoms with Gasteiger partial charge in [0.15, 0.2) is 5.72 Å². The van der Waals surface area contributed by atoms with Crippen LogP contribution in [-0.4, -0.2) is 61.2 Å². The highest BCUT2D eigenvalue weighted by Crippen LogP contribution is 2.34. The smallest absolute Gasteiger partial charge is 0.412 e. The standard InChI is InChI=1S/C28H31N3O6/c1-27(2,3)37-26(35)31-17-21-14-22(32)11-10-20(21)15-28(31,36)24(33)16-30-25(34)19-8-6-7-18(13-19)23-9-4-5-12-29-23/h4-14,24,32-33,36H,15-17H2,1-3H3,(H,30,34)/t24-,28+/m1/s1. The van der Waals surface area contributed by atoms with Gasteiger partial charge in [0.05, 0.1) is 12.2 Å². The van der Waals surface area contributed by atoms with Crippen molar-refractivity contribution in [2.75, 3.05) is 6.54 Å². The molecule has 4 N–H and O–H groups in total. The largest absolute Gasteiger partial charge is 0.508 e. The maximum atomic E-state index is 13.0. The molecule has 0 saturated heterocycles. The first kappa shape index (κ1) is 26.1. The fourth-order valence-corrected chi connectivity index (χ4v) is 4.26. The molecule has 0 fully saturated rings. The lowest BCUT2D eigenvalue weighted by molar-refractivity contribution is -0.177. The molecule has 4 rings (SSSR count). The van der Waals surface area contributed by atoms with Crippen molar-refractivity contribution in [2.45, 2.75) is 51.2 Å². The molecule has 0 bridgehead atoms. The molecule has 2 aromatic carbocycles. The Hall–Kier alpha value is -3.95. The first-order chi connectivity index (χ1) is 17.5. The second-order valence-corrected chi connectivity index (χ2v) is 10.1. The van der Waals surface area contributed by atoms with Gasteiger partial charge in [-0.15, -0.1) is 0 Å². The first-order valence-electron chi connectivity index (χ1n) is 12.0. The number of benzene rings is 2. The molecular formula is C28H31N3O6. The summed E-state index contributed by atoms with van der Waals surface area (Å²) >= 11 is 0. The van der Waals surface area contributed by atoms with Gasteiger partial charge >= 0.3 is 6.09 Å². The predicted octanol–water partition coefficient (Wildman–Crippen LogP) is 3.23. The Morgan fingerprint density at radius 3 is 2.59 bits per heavy atom. The van der Waals surface area contributed by atoms with Crippen LogP contribution in [0.5, 0.6) is 5.75 Å². The molecule has 0 aliphatic carbocycles. The van der Waals surface area contributed by atoms with Crippen LogP contribution in [0.1, 0.15) is 42.3 Å². The van der Waals surface area contributed by atoms with E-state index in [0.717, 1.165) is 10.5 Å². The van der Waals surface area contributed by atoms with Crippen molar-refractivity contribution in [3.8, 4) is 17.0 Å². The lowest BCUT2D eigenvalue weighted by Gasteiger charge is -2.46. The average Bonchev–Trinajstić information content (AvgIpc) is 2.86. The van der Waals surface area contributed by atoms with Crippen molar-refractivity contribution in [3.63, 3.8) is 0 Å². The molecule has 9 nitrogen and oxygen atoms in total.